The molecule has 0 aliphatic carbocycles. The van der Waals surface area contributed by atoms with Crippen molar-refractivity contribution in [3.8, 4) is 0 Å². The molecule has 2 N–H and O–H groups in total. The van der Waals surface area contributed by atoms with E-state index in [1.165, 1.54) is 0 Å². The Balaban J connectivity index is 1.95. The summed E-state index contributed by atoms with van der Waals surface area (Å²) >= 11 is 0. The second kappa shape index (κ2) is 5.35. The number of hydrogen-bond acceptors (Lipinski definition) is 3. The fourth-order valence-corrected chi connectivity index (χ4v) is 1.60. The fraction of sp³-hybridized carbons (Fsp3) is 0.231. The number of aromatic carboxylic acids is 1. The fourth-order valence-electron chi connectivity index (χ4n) is 1.60. The predicted molar refractivity (Wildman–Crippen MR) is 68.6 cm³/mol. The molecule has 94 valence electrons. The predicted octanol–water partition coefficient (Wildman–Crippen LogP) is 2.21. The Kier molecular flexibility index (Phi) is 3.62. The molecule has 18 heavy (non-hydrogen) atoms. The lowest BCUT2D eigenvalue weighted by molar-refractivity contribution is 0.0697. The first-order chi connectivity index (χ1) is 8.69. The van der Waals surface area contributed by atoms with E-state index in [1.54, 1.807) is 24.3 Å². The number of carbonyl (C=O) groups is 1. The molecule has 5 nitrogen and oxygen atoms in total. The van der Waals surface area contributed by atoms with E-state index in [4.69, 9.17) is 5.11 Å². The smallest absolute Gasteiger partial charge is 0.335 e. The van der Waals surface area contributed by atoms with Crippen molar-refractivity contribution in [2.45, 2.75) is 20.0 Å². The van der Waals surface area contributed by atoms with Gasteiger partial charge in [-0.05, 0) is 37.3 Å². The number of rotatable bonds is 5. The molecule has 0 atom stereocenters. The van der Waals surface area contributed by atoms with Crippen LogP contribution < -0.4 is 5.32 Å². The molecule has 2 aromatic rings. The monoisotopic (exact) mass is 245 g/mol. The van der Waals surface area contributed by atoms with E-state index in [1.807, 2.05) is 23.9 Å². The summed E-state index contributed by atoms with van der Waals surface area (Å²) in [6.07, 6.45) is 1.94. The van der Waals surface area contributed by atoms with Crippen molar-refractivity contribution >= 4 is 11.7 Å². The second-order valence-electron chi connectivity index (χ2n) is 3.90. The topological polar surface area (TPSA) is 67.2 Å². The van der Waals surface area contributed by atoms with Gasteiger partial charge in [0, 0.05) is 18.4 Å². The SMILES string of the molecule is CCn1ccc(CNc2ccc(C(=O)O)cc2)n1. The van der Waals surface area contributed by atoms with Gasteiger partial charge in [0.1, 0.15) is 0 Å². The van der Waals surface area contributed by atoms with Crippen LogP contribution >= 0.6 is 0 Å². The Morgan fingerprint density at radius 3 is 2.61 bits per heavy atom. The summed E-state index contributed by atoms with van der Waals surface area (Å²) in [5.41, 5.74) is 2.13. The Morgan fingerprint density at radius 1 is 1.33 bits per heavy atom. The Bertz CT molecular complexity index is 531. The van der Waals surface area contributed by atoms with Crippen molar-refractivity contribution in [1.82, 2.24) is 9.78 Å². The minimum Gasteiger partial charge on any atom is -0.478 e. The Morgan fingerprint density at radius 2 is 2.06 bits per heavy atom. The van der Waals surface area contributed by atoms with Gasteiger partial charge in [-0.1, -0.05) is 0 Å². The number of nitrogens with zero attached hydrogens (tertiary/aromatic N) is 2. The molecule has 0 radical (unpaired) electrons. The van der Waals surface area contributed by atoms with E-state index in [2.05, 4.69) is 10.4 Å². The zero-order chi connectivity index (χ0) is 13.0. The van der Waals surface area contributed by atoms with Crippen molar-refractivity contribution < 1.29 is 9.90 Å². The number of aromatic nitrogens is 2. The maximum Gasteiger partial charge on any atom is 0.335 e. The molecule has 0 bridgehead atoms. The third-order valence-electron chi connectivity index (χ3n) is 2.63. The van der Waals surface area contributed by atoms with E-state index in [0.29, 0.717) is 6.54 Å². The molecule has 0 amide bonds. The zero-order valence-electron chi connectivity index (χ0n) is 10.1. The summed E-state index contributed by atoms with van der Waals surface area (Å²) in [6.45, 7) is 3.52. The van der Waals surface area contributed by atoms with Crippen LogP contribution in [0.15, 0.2) is 36.5 Å². The van der Waals surface area contributed by atoms with E-state index >= 15 is 0 Å². The van der Waals surface area contributed by atoms with Crippen LogP contribution in [0.4, 0.5) is 5.69 Å². The molecular formula is C13H15N3O2. The van der Waals surface area contributed by atoms with Gasteiger partial charge in [0.15, 0.2) is 0 Å². The lowest BCUT2D eigenvalue weighted by Gasteiger charge is -2.04. The van der Waals surface area contributed by atoms with Crippen molar-refractivity contribution in [2.75, 3.05) is 5.32 Å². The lowest BCUT2D eigenvalue weighted by Crippen LogP contribution is -2.03. The quantitative estimate of drug-likeness (QED) is 0.847. The highest BCUT2D eigenvalue weighted by Gasteiger charge is 2.02. The average molecular weight is 245 g/mol. The molecule has 0 saturated carbocycles. The van der Waals surface area contributed by atoms with E-state index in [0.717, 1.165) is 17.9 Å². The average Bonchev–Trinajstić information content (AvgIpc) is 2.85. The molecule has 0 fully saturated rings. The number of carboxylic acid groups (broad SMARTS) is 1. The highest BCUT2D eigenvalue weighted by molar-refractivity contribution is 5.87. The number of anilines is 1. The first-order valence-corrected chi connectivity index (χ1v) is 5.78. The van der Waals surface area contributed by atoms with Gasteiger partial charge in [-0.3, -0.25) is 4.68 Å². The molecular weight excluding hydrogens is 230 g/mol. The number of aryl methyl sites for hydroxylation is 1. The van der Waals surface area contributed by atoms with Gasteiger partial charge in [-0.2, -0.15) is 5.10 Å². The van der Waals surface area contributed by atoms with Crippen LogP contribution in [-0.2, 0) is 13.1 Å². The first kappa shape index (κ1) is 12.2. The van der Waals surface area contributed by atoms with Crippen molar-refractivity contribution in [3.63, 3.8) is 0 Å². The number of hydrogen-bond donors (Lipinski definition) is 2. The van der Waals surface area contributed by atoms with Gasteiger partial charge in [-0.15, -0.1) is 0 Å². The normalized spacial score (nSPS) is 10.3. The first-order valence-electron chi connectivity index (χ1n) is 5.78. The molecule has 1 aromatic heterocycles. The molecule has 1 heterocycles. The van der Waals surface area contributed by atoms with Crippen LogP contribution in [0.25, 0.3) is 0 Å². The van der Waals surface area contributed by atoms with Crippen LogP contribution in [0, 0.1) is 0 Å². The summed E-state index contributed by atoms with van der Waals surface area (Å²) in [6, 6.07) is 8.62. The highest BCUT2D eigenvalue weighted by Crippen LogP contribution is 2.10. The summed E-state index contributed by atoms with van der Waals surface area (Å²) < 4.78 is 1.87. The molecule has 5 heteroatoms. The van der Waals surface area contributed by atoms with E-state index in [-0.39, 0.29) is 5.56 Å². The zero-order valence-corrected chi connectivity index (χ0v) is 10.1. The summed E-state index contributed by atoms with van der Waals surface area (Å²) in [7, 11) is 0. The van der Waals surface area contributed by atoms with Gasteiger partial charge in [0.25, 0.3) is 0 Å². The van der Waals surface area contributed by atoms with Crippen LogP contribution in [0.1, 0.15) is 23.0 Å². The van der Waals surface area contributed by atoms with Crippen LogP contribution in [-0.4, -0.2) is 20.9 Å². The molecule has 1 aromatic carbocycles. The van der Waals surface area contributed by atoms with Crippen LogP contribution in [0.5, 0.6) is 0 Å². The van der Waals surface area contributed by atoms with Crippen LogP contribution in [0.2, 0.25) is 0 Å². The standard InChI is InChI=1S/C13H15N3O2/c1-2-16-8-7-12(15-16)9-14-11-5-3-10(4-6-11)13(17)18/h3-8,14H,2,9H2,1H3,(H,17,18). The third-order valence-corrected chi connectivity index (χ3v) is 2.63. The number of benzene rings is 1. The van der Waals surface area contributed by atoms with E-state index in [9.17, 15) is 4.79 Å². The van der Waals surface area contributed by atoms with Crippen molar-refractivity contribution in [2.24, 2.45) is 0 Å². The van der Waals surface area contributed by atoms with Gasteiger partial charge in [-0.25, -0.2) is 4.79 Å². The maximum atomic E-state index is 10.7. The summed E-state index contributed by atoms with van der Waals surface area (Å²) in [5, 5.41) is 16.3. The minimum absolute atomic E-state index is 0.288. The molecule has 0 spiro atoms. The van der Waals surface area contributed by atoms with Gasteiger partial charge in [0.05, 0.1) is 17.8 Å². The molecule has 0 aliphatic rings. The van der Waals surface area contributed by atoms with Gasteiger partial charge in [0.2, 0.25) is 0 Å². The van der Waals surface area contributed by atoms with Gasteiger partial charge < -0.3 is 10.4 Å². The molecule has 0 saturated heterocycles. The molecule has 2 rings (SSSR count). The Hall–Kier alpha value is -2.30. The lowest BCUT2D eigenvalue weighted by atomic mass is 10.2. The van der Waals surface area contributed by atoms with Crippen molar-refractivity contribution in [1.29, 1.82) is 0 Å². The summed E-state index contributed by atoms with van der Waals surface area (Å²) in [4.78, 5) is 10.7. The highest BCUT2D eigenvalue weighted by atomic mass is 16.4. The summed E-state index contributed by atoms with van der Waals surface area (Å²) in [5.74, 6) is -0.914. The maximum absolute atomic E-state index is 10.7. The number of carboxylic acids is 1. The van der Waals surface area contributed by atoms with Gasteiger partial charge >= 0.3 is 5.97 Å². The largest absolute Gasteiger partial charge is 0.478 e. The molecule has 0 aliphatic heterocycles. The van der Waals surface area contributed by atoms with Crippen LogP contribution in [0.3, 0.4) is 0 Å². The second-order valence-corrected chi connectivity index (χ2v) is 3.90. The number of nitrogens with one attached hydrogen (secondary N) is 1. The van der Waals surface area contributed by atoms with E-state index < -0.39 is 5.97 Å². The third kappa shape index (κ3) is 2.88. The van der Waals surface area contributed by atoms with Crippen molar-refractivity contribution in [3.05, 3.63) is 47.8 Å². The molecule has 0 unspecified atom stereocenters. The Labute approximate surface area is 105 Å². The minimum atomic E-state index is -0.914.